The third-order valence-corrected chi connectivity index (χ3v) is 4.08. The molecule has 0 aliphatic rings. The van der Waals surface area contributed by atoms with Crippen LogP contribution in [0.5, 0.6) is 11.5 Å². The highest BCUT2D eigenvalue weighted by molar-refractivity contribution is 6.31. The summed E-state index contributed by atoms with van der Waals surface area (Å²) in [4.78, 5) is 22.7. The van der Waals surface area contributed by atoms with Gasteiger partial charge in [0.05, 0.1) is 22.6 Å². The molecule has 0 aliphatic carbocycles. The average Bonchev–Trinajstić information content (AvgIpc) is 2.60. The molecular weight excluding hydrogens is 348 g/mol. The first-order valence-corrected chi connectivity index (χ1v) is 7.64. The lowest BCUT2D eigenvalue weighted by Gasteiger charge is -2.16. The Bertz CT molecular complexity index is 1030. The molecule has 2 aromatic carbocycles. The van der Waals surface area contributed by atoms with Gasteiger partial charge in [0, 0.05) is 29.6 Å². The summed E-state index contributed by atoms with van der Waals surface area (Å²) in [5.41, 5.74) is -0.0759. The van der Waals surface area contributed by atoms with Crippen molar-refractivity contribution in [3.8, 4) is 11.5 Å². The molecule has 3 rings (SSSR count). The van der Waals surface area contributed by atoms with Crippen molar-refractivity contribution >= 4 is 28.1 Å². The molecule has 0 unspecified atom stereocenters. The summed E-state index contributed by atoms with van der Waals surface area (Å²) in [5.74, 6) is 0.608. The minimum atomic E-state index is -0.510. The van der Waals surface area contributed by atoms with E-state index in [1.54, 1.807) is 18.2 Å². The molecule has 1 heterocycles. The van der Waals surface area contributed by atoms with Crippen LogP contribution in [0.4, 0.5) is 5.69 Å². The van der Waals surface area contributed by atoms with Crippen molar-refractivity contribution in [2.75, 3.05) is 0 Å². The largest absolute Gasteiger partial charge is 0.455 e. The number of non-ortho nitro benzene ring substituents is 1. The van der Waals surface area contributed by atoms with Crippen molar-refractivity contribution in [3.05, 3.63) is 73.6 Å². The minimum absolute atomic E-state index is 0.0666. The fraction of sp³-hybridized carbons (Fsp3) is 0.118. The maximum Gasteiger partial charge on any atom is 0.269 e. The van der Waals surface area contributed by atoms with Crippen LogP contribution in [-0.2, 0) is 13.7 Å². The molecule has 3 aromatic rings. The molecule has 1 aromatic heterocycles. The number of nitro benzene ring substituents is 1. The lowest BCUT2D eigenvalue weighted by atomic mass is 10.1. The monoisotopic (exact) mass is 360 g/mol. The number of pyridine rings is 1. The van der Waals surface area contributed by atoms with E-state index in [9.17, 15) is 20.0 Å². The van der Waals surface area contributed by atoms with Gasteiger partial charge in [-0.1, -0.05) is 11.6 Å². The molecule has 0 bridgehead atoms. The smallest absolute Gasteiger partial charge is 0.269 e. The fourth-order valence-electron chi connectivity index (χ4n) is 2.55. The van der Waals surface area contributed by atoms with Gasteiger partial charge < -0.3 is 14.4 Å². The number of fused-ring (bicyclic) bond motifs is 1. The van der Waals surface area contributed by atoms with E-state index < -0.39 is 11.5 Å². The Morgan fingerprint density at radius 3 is 2.48 bits per heavy atom. The second-order valence-corrected chi connectivity index (χ2v) is 5.78. The zero-order valence-electron chi connectivity index (χ0n) is 13.1. The van der Waals surface area contributed by atoms with Crippen molar-refractivity contribution in [1.29, 1.82) is 0 Å². The molecule has 0 atom stereocenters. The third-order valence-electron chi connectivity index (χ3n) is 3.85. The molecule has 0 saturated heterocycles. The first kappa shape index (κ1) is 16.9. The zero-order chi connectivity index (χ0) is 18.1. The maximum absolute atomic E-state index is 12.4. The van der Waals surface area contributed by atoms with Gasteiger partial charge in [-0.25, -0.2) is 0 Å². The number of halogens is 1. The Hall–Kier alpha value is -2.90. The fourth-order valence-corrected chi connectivity index (χ4v) is 2.72. The Kier molecular flexibility index (Phi) is 4.43. The van der Waals surface area contributed by atoms with Crippen LogP contribution < -0.4 is 10.3 Å². The summed E-state index contributed by atoms with van der Waals surface area (Å²) in [6.07, 6.45) is 0. The summed E-state index contributed by atoms with van der Waals surface area (Å²) >= 11 is 6.04. The van der Waals surface area contributed by atoms with Gasteiger partial charge in [0.2, 0.25) is 0 Å². The number of nitro groups is 1. The quantitative estimate of drug-likeness (QED) is 0.568. The van der Waals surface area contributed by atoms with E-state index in [2.05, 4.69) is 0 Å². The Labute approximate surface area is 146 Å². The molecule has 0 fully saturated rings. The van der Waals surface area contributed by atoms with Gasteiger partial charge in [0.15, 0.2) is 5.75 Å². The van der Waals surface area contributed by atoms with Crippen LogP contribution in [0.3, 0.4) is 0 Å². The van der Waals surface area contributed by atoms with E-state index in [1.165, 1.54) is 35.9 Å². The van der Waals surface area contributed by atoms with Crippen molar-refractivity contribution in [3.63, 3.8) is 0 Å². The van der Waals surface area contributed by atoms with Crippen LogP contribution in [0.25, 0.3) is 10.8 Å². The number of ether oxygens (including phenoxy) is 1. The lowest BCUT2D eigenvalue weighted by molar-refractivity contribution is -0.384. The van der Waals surface area contributed by atoms with E-state index in [0.717, 1.165) is 0 Å². The zero-order valence-corrected chi connectivity index (χ0v) is 13.9. The molecule has 128 valence electrons. The number of aliphatic hydroxyl groups is 1. The van der Waals surface area contributed by atoms with Crippen LogP contribution >= 0.6 is 11.6 Å². The average molecular weight is 361 g/mol. The molecule has 0 spiro atoms. The molecule has 0 aliphatic heterocycles. The van der Waals surface area contributed by atoms with Crippen LogP contribution in [0, 0.1) is 10.1 Å². The SMILES string of the molecule is Cn1c(CO)c(Oc2ccc([N+](=O)[O-])cc2)c2cc(Cl)ccc2c1=O. The molecule has 0 amide bonds. The second-order valence-electron chi connectivity index (χ2n) is 5.34. The topological polar surface area (TPSA) is 94.6 Å². The van der Waals surface area contributed by atoms with E-state index >= 15 is 0 Å². The van der Waals surface area contributed by atoms with E-state index in [4.69, 9.17) is 16.3 Å². The normalized spacial score (nSPS) is 10.8. The van der Waals surface area contributed by atoms with E-state index in [-0.39, 0.29) is 22.7 Å². The van der Waals surface area contributed by atoms with Gasteiger partial charge in [0.1, 0.15) is 5.75 Å². The predicted molar refractivity (Wildman–Crippen MR) is 93.3 cm³/mol. The molecule has 0 radical (unpaired) electrons. The number of rotatable bonds is 4. The van der Waals surface area contributed by atoms with Gasteiger partial charge in [-0.2, -0.15) is 0 Å². The summed E-state index contributed by atoms with van der Waals surface area (Å²) in [6, 6.07) is 10.3. The summed E-state index contributed by atoms with van der Waals surface area (Å²) in [5, 5.41) is 21.7. The van der Waals surface area contributed by atoms with Gasteiger partial charge in [-0.3, -0.25) is 14.9 Å². The van der Waals surface area contributed by atoms with Gasteiger partial charge in [0.25, 0.3) is 11.2 Å². The summed E-state index contributed by atoms with van der Waals surface area (Å²) in [6.45, 7) is -0.420. The Morgan fingerprint density at radius 1 is 1.20 bits per heavy atom. The second kappa shape index (κ2) is 6.54. The van der Waals surface area contributed by atoms with Crippen LogP contribution in [0.1, 0.15) is 5.69 Å². The lowest BCUT2D eigenvalue weighted by Crippen LogP contribution is -2.21. The molecule has 7 nitrogen and oxygen atoms in total. The number of hydrogen-bond donors (Lipinski definition) is 1. The van der Waals surface area contributed by atoms with Gasteiger partial charge >= 0.3 is 0 Å². The minimum Gasteiger partial charge on any atom is -0.455 e. The van der Waals surface area contributed by atoms with Gasteiger partial charge in [-0.05, 0) is 30.3 Å². The number of nitrogens with zero attached hydrogens (tertiary/aromatic N) is 2. The van der Waals surface area contributed by atoms with Crippen LogP contribution in [-0.4, -0.2) is 14.6 Å². The van der Waals surface area contributed by atoms with Crippen molar-refractivity contribution < 1.29 is 14.8 Å². The standard InChI is InChI=1S/C17H13ClN2O5/c1-19-15(9-21)16(14-8-10(18)2-7-13(14)17(19)22)25-12-5-3-11(4-6-12)20(23)24/h2-8,21H,9H2,1H3. The highest BCUT2D eigenvalue weighted by atomic mass is 35.5. The van der Waals surface area contributed by atoms with E-state index in [1.807, 2.05) is 0 Å². The summed E-state index contributed by atoms with van der Waals surface area (Å²) < 4.78 is 7.14. The third kappa shape index (κ3) is 3.07. The first-order chi connectivity index (χ1) is 11.9. The Morgan fingerprint density at radius 2 is 1.88 bits per heavy atom. The predicted octanol–water partition coefficient (Wildman–Crippen LogP) is 3.38. The van der Waals surface area contributed by atoms with Crippen LogP contribution in [0.15, 0.2) is 47.3 Å². The number of aliphatic hydroxyl groups excluding tert-OH is 1. The van der Waals surface area contributed by atoms with Crippen molar-refractivity contribution in [2.45, 2.75) is 6.61 Å². The highest BCUT2D eigenvalue weighted by Gasteiger charge is 2.17. The molecular formula is C17H13ClN2O5. The molecule has 8 heteroatoms. The maximum atomic E-state index is 12.4. The van der Waals surface area contributed by atoms with Crippen LogP contribution in [0.2, 0.25) is 5.02 Å². The van der Waals surface area contributed by atoms with Gasteiger partial charge in [-0.15, -0.1) is 0 Å². The number of hydrogen-bond acceptors (Lipinski definition) is 5. The summed E-state index contributed by atoms with van der Waals surface area (Å²) in [7, 11) is 1.53. The molecule has 25 heavy (non-hydrogen) atoms. The highest BCUT2D eigenvalue weighted by Crippen LogP contribution is 2.34. The number of aromatic nitrogens is 1. The van der Waals surface area contributed by atoms with E-state index in [0.29, 0.717) is 21.5 Å². The number of benzene rings is 2. The molecule has 0 saturated carbocycles. The molecule has 1 N–H and O–H groups in total. The Balaban J connectivity index is 2.20. The van der Waals surface area contributed by atoms with Crippen molar-refractivity contribution in [1.82, 2.24) is 4.57 Å². The first-order valence-electron chi connectivity index (χ1n) is 7.26. The van der Waals surface area contributed by atoms with Crippen molar-refractivity contribution in [2.24, 2.45) is 7.05 Å².